The summed E-state index contributed by atoms with van der Waals surface area (Å²) in [5, 5.41) is 3.47. The second-order valence-corrected chi connectivity index (χ2v) is 6.85. The van der Waals surface area contributed by atoms with Crippen molar-refractivity contribution < 1.29 is 0 Å². The molecular weight excluding hydrogens is 234 g/mol. The minimum atomic E-state index is 0.751. The molecule has 0 aromatic carbocycles. The summed E-state index contributed by atoms with van der Waals surface area (Å²) in [4.78, 5) is 5.01. The molecule has 2 saturated carbocycles. The summed E-state index contributed by atoms with van der Waals surface area (Å²) in [5.41, 5.74) is 2.92. The van der Waals surface area contributed by atoms with Gasteiger partial charge in [-0.15, -0.1) is 0 Å². The fraction of sp³-hybridized carbons (Fsp3) is 0.812. The Morgan fingerprint density at radius 3 is 2.63 bits per heavy atom. The molecule has 19 heavy (non-hydrogen) atoms. The van der Waals surface area contributed by atoms with Gasteiger partial charge in [0.15, 0.2) is 0 Å². The molecular formula is C16H25N3. The molecule has 1 aromatic rings. The Morgan fingerprint density at radius 2 is 1.89 bits per heavy atom. The highest BCUT2D eigenvalue weighted by Crippen LogP contribution is 2.44. The van der Waals surface area contributed by atoms with Gasteiger partial charge >= 0.3 is 0 Å². The van der Waals surface area contributed by atoms with E-state index < -0.39 is 0 Å². The van der Waals surface area contributed by atoms with Gasteiger partial charge in [-0.1, -0.05) is 6.92 Å². The van der Waals surface area contributed by atoms with Gasteiger partial charge in [0.05, 0.1) is 5.69 Å². The van der Waals surface area contributed by atoms with Crippen molar-refractivity contribution in [1.29, 1.82) is 0 Å². The first kappa shape index (κ1) is 12.0. The Kier molecular flexibility index (Phi) is 2.91. The average molecular weight is 259 g/mol. The van der Waals surface area contributed by atoms with Gasteiger partial charge in [0, 0.05) is 37.2 Å². The fourth-order valence-corrected chi connectivity index (χ4v) is 3.89. The zero-order valence-corrected chi connectivity index (χ0v) is 12.0. The predicted octanol–water partition coefficient (Wildman–Crippen LogP) is 3.16. The highest BCUT2D eigenvalue weighted by Gasteiger charge is 2.34. The standard InChI is InChI=1S/C16H25N3/c1-11-2-6-13(7-3-11)19-15-8-9-17-10-14(15)18-16(19)12-4-5-12/h11-13,17H,2-10H2,1H3. The second-order valence-electron chi connectivity index (χ2n) is 6.85. The van der Waals surface area contributed by atoms with Gasteiger partial charge in [-0.05, 0) is 44.4 Å². The molecule has 104 valence electrons. The van der Waals surface area contributed by atoms with E-state index in [2.05, 4.69) is 16.8 Å². The van der Waals surface area contributed by atoms with Gasteiger partial charge < -0.3 is 9.88 Å². The van der Waals surface area contributed by atoms with Crippen LogP contribution in [0, 0.1) is 5.92 Å². The Balaban J connectivity index is 1.70. The summed E-state index contributed by atoms with van der Waals surface area (Å²) < 4.78 is 2.69. The van der Waals surface area contributed by atoms with Crippen molar-refractivity contribution in [3.63, 3.8) is 0 Å². The average Bonchev–Trinajstić information content (AvgIpc) is 3.21. The smallest absolute Gasteiger partial charge is 0.112 e. The molecule has 2 fully saturated rings. The van der Waals surface area contributed by atoms with Crippen molar-refractivity contribution >= 4 is 0 Å². The van der Waals surface area contributed by atoms with Crippen LogP contribution in [-0.2, 0) is 13.0 Å². The van der Waals surface area contributed by atoms with Crippen LogP contribution in [0.1, 0.15) is 74.6 Å². The first-order valence-corrected chi connectivity index (χ1v) is 8.13. The number of hydrogen-bond acceptors (Lipinski definition) is 2. The monoisotopic (exact) mass is 259 g/mol. The quantitative estimate of drug-likeness (QED) is 0.884. The van der Waals surface area contributed by atoms with Gasteiger partial charge in [0.1, 0.15) is 5.82 Å². The van der Waals surface area contributed by atoms with Crippen LogP contribution >= 0.6 is 0 Å². The van der Waals surface area contributed by atoms with E-state index in [-0.39, 0.29) is 0 Å². The van der Waals surface area contributed by atoms with Crippen LogP contribution < -0.4 is 5.32 Å². The molecule has 4 rings (SSSR count). The molecule has 0 amide bonds. The molecule has 0 bridgehead atoms. The van der Waals surface area contributed by atoms with Crippen molar-refractivity contribution in [1.82, 2.24) is 14.9 Å². The third kappa shape index (κ3) is 2.12. The fourth-order valence-electron chi connectivity index (χ4n) is 3.89. The van der Waals surface area contributed by atoms with Crippen LogP contribution in [0.4, 0.5) is 0 Å². The Bertz CT molecular complexity index is 465. The van der Waals surface area contributed by atoms with E-state index in [1.165, 1.54) is 56.5 Å². The minimum absolute atomic E-state index is 0.751. The van der Waals surface area contributed by atoms with Crippen molar-refractivity contribution in [2.75, 3.05) is 6.54 Å². The third-order valence-electron chi connectivity index (χ3n) is 5.24. The van der Waals surface area contributed by atoms with Crippen LogP contribution in [0.2, 0.25) is 0 Å². The molecule has 3 nitrogen and oxygen atoms in total. The van der Waals surface area contributed by atoms with E-state index in [9.17, 15) is 0 Å². The molecule has 0 atom stereocenters. The largest absolute Gasteiger partial charge is 0.328 e. The van der Waals surface area contributed by atoms with Gasteiger partial charge in [-0.2, -0.15) is 0 Å². The van der Waals surface area contributed by atoms with Crippen LogP contribution in [-0.4, -0.2) is 16.1 Å². The molecule has 3 heteroatoms. The Hall–Kier alpha value is -0.830. The first-order chi connectivity index (χ1) is 9.33. The van der Waals surface area contributed by atoms with Crippen molar-refractivity contribution in [3.8, 4) is 0 Å². The lowest BCUT2D eigenvalue weighted by Crippen LogP contribution is -2.27. The maximum Gasteiger partial charge on any atom is 0.112 e. The van der Waals surface area contributed by atoms with Gasteiger partial charge in [-0.3, -0.25) is 0 Å². The number of rotatable bonds is 2. The lowest BCUT2D eigenvalue weighted by Gasteiger charge is -2.30. The van der Waals surface area contributed by atoms with E-state index in [0.29, 0.717) is 0 Å². The summed E-state index contributed by atoms with van der Waals surface area (Å²) in [6, 6.07) is 0.751. The molecule has 0 saturated heterocycles. The summed E-state index contributed by atoms with van der Waals surface area (Å²) in [6.07, 6.45) is 9.47. The zero-order valence-electron chi connectivity index (χ0n) is 12.0. The predicted molar refractivity (Wildman–Crippen MR) is 76.3 cm³/mol. The van der Waals surface area contributed by atoms with Gasteiger partial charge in [-0.25, -0.2) is 4.98 Å². The molecule has 2 heterocycles. The number of hydrogen-bond donors (Lipinski definition) is 1. The van der Waals surface area contributed by atoms with Gasteiger partial charge in [0.2, 0.25) is 0 Å². The SMILES string of the molecule is CC1CCC(n2c(C3CC3)nc3c2CCNC3)CC1. The van der Waals surface area contributed by atoms with Crippen LogP contribution in [0.15, 0.2) is 0 Å². The van der Waals surface area contributed by atoms with E-state index in [0.717, 1.165) is 31.0 Å². The summed E-state index contributed by atoms with van der Waals surface area (Å²) in [7, 11) is 0. The first-order valence-electron chi connectivity index (χ1n) is 8.13. The van der Waals surface area contributed by atoms with Crippen molar-refractivity contribution in [2.45, 2.75) is 70.4 Å². The van der Waals surface area contributed by atoms with E-state index in [1.807, 2.05) is 0 Å². The third-order valence-corrected chi connectivity index (χ3v) is 5.24. The van der Waals surface area contributed by atoms with Crippen LogP contribution in [0.5, 0.6) is 0 Å². The van der Waals surface area contributed by atoms with Crippen molar-refractivity contribution in [2.24, 2.45) is 5.92 Å². The number of nitrogens with zero attached hydrogens (tertiary/aromatic N) is 2. The summed E-state index contributed by atoms with van der Waals surface area (Å²) in [5.74, 6) is 3.15. The molecule has 1 N–H and O–H groups in total. The number of fused-ring (bicyclic) bond motifs is 1. The lowest BCUT2D eigenvalue weighted by molar-refractivity contribution is 0.280. The Labute approximate surface area is 115 Å². The Morgan fingerprint density at radius 1 is 1.11 bits per heavy atom. The maximum absolute atomic E-state index is 5.01. The number of imidazole rings is 1. The topological polar surface area (TPSA) is 29.9 Å². The van der Waals surface area contributed by atoms with Crippen LogP contribution in [0.3, 0.4) is 0 Å². The molecule has 1 aliphatic heterocycles. The van der Waals surface area contributed by atoms with Crippen molar-refractivity contribution in [3.05, 3.63) is 17.2 Å². The highest BCUT2D eigenvalue weighted by molar-refractivity contribution is 5.25. The zero-order chi connectivity index (χ0) is 12.8. The molecule has 0 radical (unpaired) electrons. The second kappa shape index (κ2) is 4.62. The molecule has 0 spiro atoms. The van der Waals surface area contributed by atoms with E-state index in [4.69, 9.17) is 4.98 Å². The number of nitrogens with one attached hydrogen (secondary N) is 1. The van der Waals surface area contributed by atoms with Gasteiger partial charge in [0.25, 0.3) is 0 Å². The molecule has 0 unspecified atom stereocenters. The molecule has 1 aromatic heterocycles. The van der Waals surface area contributed by atoms with E-state index in [1.54, 1.807) is 5.69 Å². The lowest BCUT2D eigenvalue weighted by atomic mass is 9.87. The minimum Gasteiger partial charge on any atom is -0.328 e. The molecule has 3 aliphatic rings. The van der Waals surface area contributed by atoms with Crippen LogP contribution in [0.25, 0.3) is 0 Å². The van der Waals surface area contributed by atoms with E-state index >= 15 is 0 Å². The molecule has 2 aliphatic carbocycles. The normalized spacial score (nSPS) is 31.2. The number of aromatic nitrogens is 2. The summed E-state index contributed by atoms with van der Waals surface area (Å²) in [6.45, 7) is 4.53. The maximum atomic E-state index is 5.01. The highest BCUT2D eigenvalue weighted by atomic mass is 15.2. The summed E-state index contributed by atoms with van der Waals surface area (Å²) >= 11 is 0.